The molecule has 0 aliphatic carbocycles. The van der Waals surface area contributed by atoms with Crippen LogP contribution in [0.3, 0.4) is 0 Å². The van der Waals surface area contributed by atoms with Crippen LogP contribution >= 0.6 is 0 Å². The van der Waals surface area contributed by atoms with E-state index >= 15 is 0 Å². The predicted octanol–water partition coefficient (Wildman–Crippen LogP) is 5.81. The number of methoxy groups -OCH3 is 1. The molecule has 3 aromatic carbocycles. The number of benzene rings is 3. The maximum absolute atomic E-state index is 10.8. The maximum Gasteiger partial charge on any atom is 0.269 e. The molecule has 0 unspecified atom stereocenters. The van der Waals surface area contributed by atoms with Gasteiger partial charge in [-0.1, -0.05) is 36.4 Å². The second-order valence-electron chi connectivity index (χ2n) is 6.55. The average molecular weight is 400 g/mol. The number of ether oxygens (including phenoxy) is 2. The molecule has 0 radical (unpaired) electrons. The molecule has 30 heavy (non-hydrogen) atoms. The fourth-order valence-electron chi connectivity index (χ4n) is 2.96. The molecule has 1 atom stereocenters. The van der Waals surface area contributed by atoms with Crippen molar-refractivity contribution in [3.63, 3.8) is 0 Å². The second kappa shape index (κ2) is 9.39. The Hall–Kier alpha value is -4.11. The van der Waals surface area contributed by atoms with Crippen LogP contribution in [0.2, 0.25) is 0 Å². The van der Waals surface area contributed by atoms with E-state index in [1.54, 1.807) is 37.5 Å². The Morgan fingerprint density at radius 2 is 1.77 bits per heavy atom. The molecule has 0 heterocycles. The molecule has 150 valence electrons. The SMILES string of the molecule is COc1cc(/C=C(/C#N)c2ccc([N+](=O)[O-])cc2)ccc1O[C@@H](C)c1ccccc1. The van der Waals surface area contributed by atoms with Gasteiger partial charge < -0.3 is 9.47 Å². The van der Waals surface area contributed by atoms with Crippen LogP contribution in [0.5, 0.6) is 11.5 Å². The summed E-state index contributed by atoms with van der Waals surface area (Å²) in [5.41, 5.74) is 2.76. The Morgan fingerprint density at radius 1 is 1.07 bits per heavy atom. The highest BCUT2D eigenvalue weighted by atomic mass is 16.6. The first kappa shape index (κ1) is 20.6. The zero-order valence-corrected chi connectivity index (χ0v) is 16.6. The lowest BCUT2D eigenvalue weighted by atomic mass is 10.0. The van der Waals surface area contributed by atoms with Gasteiger partial charge in [-0.05, 0) is 54.0 Å². The van der Waals surface area contributed by atoms with Gasteiger partial charge in [-0.15, -0.1) is 0 Å². The minimum Gasteiger partial charge on any atom is -0.493 e. The monoisotopic (exact) mass is 400 g/mol. The summed E-state index contributed by atoms with van der Waals surface area (Å²) >= 11 is 0. The average Bonchev–Trinajstić information content (AvgIpc) is 2.78. The molecule has 0 saturated heterocycles. The van der Waals surface area contributed by atoms with E-state index in [4.69, 9.17) is 9.47 Å². The van der Waals surface area contributed by atoms with E-state index in [1.807, 2.05) is 43.3 Å². The number of allylic oxidation sites excluding steroid dienone is 1. The lowest BCUT2D eigenvalue weighted by molar-refractivity contribution is -0.384. The van der Waals surface area contributed by atoms with E-state index in [9.17, 15) is 15.4 Å². The van der Waals surface area contributed by atoms with Gasteiger partial charge in [0.05, 0.1) is 23.7 Å². The molecule has 3 aromatic rings. The number of nitro benzene ring substituents is 1. The molecule has 0 spiro atoms. The van der Waals surface area contributed by atoms with Gasteiger partial charge in [0.25, 0.3) is 5.69 Å². The van der Waals surface area contributed by atoms with Crippen molar-refractivity contribution in [2.45, 2.75) is 13.0 Å². The molecule has 0 bridgehead atoms. The molecular weight excluding hydrogens is 380 g/mol. The van der Waals surface area contributed by atoms with E-state index in [-0.39, 0.29) is 11.8 Å². The van der Waals surface area contributed by atoms with E-state index < -0.39 is 4.92 Å². The summed E-state index contributed by atoms with van der Waals surface area (Å²) in [6, 6.07) is 23.3. The third kappa shape index (κ3) is 4.83. The largest absolute Gasteiger partial charge is 0.493 e. The third-order valence-electron chi connectivity index (χ3n) is 4.58. The van der Waals surface area contributed by atoms with Gasteiger partial charge >= 0.3 is 0 Å². The van der Waals surface area contributed by atoms with Crippen LogP contribution in [0.1, 0.15) is 29.7 Å². The van der Waals surface area contributed by atoms with Crippen molar-refractivity contribution in [3.05, 3.63) is 99.6 Å². The molecule has 6 heteroatoms. The molecule has 3 rings (SSSR count). The molecular formula is C24H20N2O4. The highest BCUT2D eigenvalue weighted by Crippen LogP contribution is 2.33. The van der Waals surface area contributed by atoms with Crippen LogP contribution in [-0.4, -0.2) is 12.0 Å². The Kier molecular flexibility index (Phi) is 6.46. The van der Waals surface area contributed by atoms with E-state index in [0.717, 1.165) is 11.1 Å². The van der Waals surface area contributed by atoms with E-state index in [0.29, 0.717) is 22.6 Å². The van der Waals surface area contributed by atoms with Crippen LogP contribution < -0.4 is 9.47 Å². The quantitative estimate of drug-likeness (QED) is 0.216. The standard InChI is InChI=1S/C24H20N2O4/c1-17(19-6-4-3-5-7-19)30-23-13-8-18(15-24(23)29-2)14-21(16-25)20-9-11-22(12-10-20)26(27)28/h3-15,17H,1-2H3/b21-14-/t17-/m0/s1. The third-order valence-corrected chi connectivity index (χ3v) is 4.58. The van der Waals surface area contributed by atoms with Crippen molar-refractivity contribution >= 4 is 17.3 Å². The van der Waals surface area contributed by atoms with Crippen LogP contribution in [-0.2, 0) is 0 Å². The van der Waals surface area contributed by atoms with E-state index in [1.165, 1.54) is 12.1 Å². The Morgan fingerprint density at radius 3 is 2.37 bits per heavy atom. The van der Waals surface area contributed by atoms with Gasteiger partial charge in [-0.25, -0.2) is 0 Å². The topological polar surface area (TPSA) is 85.4 Å². The molecule has 0 aliphatic rings. The Bertz CT molecular complexity index is 1100. The number of non-ortho nitro benzene ring substituents is 1. The van der Waals surface area contributed by atoms with Crippen LogP contribution in [0, 0.1) is 21.4 Å². The van der Waals surface area contributed by atoms with Crippen LogP contribution in [0.4, 0.5) is 5.69 Å². The zero-order valence-electron chi connectivity index (χ0n) is 16.6. The van der Waals surface area contributed by atoms with Crippen LogP contribution in [0.25, 0.3) is 11.6 Å². The summed E-state index contributed by atoms with van der Waals surface area (Å²) in [5, 5.41) is 20.3. The molecule has 0 N–H and O–H groups in total. The normalized spacial score (nSPS) is 12.0. The van der Waals surface area contributed by atoms with Gasteiger partial charge in [0.15, 0.2) is 11.5 Å². The first-order valence-corrected chi connectivity index (χ1v) is 9.28. The molecule has 0 saturated carbocycles. The number of nitrogens with zero attached hydrogens (tertiary/aromatic N) is 2. The van der Waals surface area contributed by atoms with Gasteiger partial charge in [-0.2, -0.15) is 5.26 Å². The first-order valence-electron chi connectivity index (χ1n) is 9.28. The predicted molar refractivity (Wildman–Crippen MR) is 115 cm³/mol. The lowest BCUT2D eigenvalue weighted by Gasteiger charge is -2.17. The highest BCUT2D eigenvalue weighted by molar-refractivity contribution is 5.90. The molecule has 0 fully saturated rings. The summed E-state index contributed by atoms with van der Waals surface area (Å²) in [4.78, 5) is 10.3. The lowest BCUT2D eigenvalue weighted by Crippen LogP contribution is -2.04. The summed E-state index contributed by atoms with van der Waals surface area (Å²) in [5.74, 6) is 1.15. The van der Waals surface area contributed by atoms with Gasteiger partial charge in [0, 0.05) is 12.1 Å². The van der Waals surface area contributed by atoms with Crippen LogP contribution in [0.15, 0.2) is 72.8 Å². The number of hydrogen-bond acceptors (Lipinski definition) is 5. The number of rotatable bonds is 7. The number of nitriles is 1. The molecule has 0 aliphatic heterocycles. The minimum absolute atomic E-state index is 0.0215. The molecule has 6 nitrogen and oxygen atoms in total. The van der Waals surface area contributed by atoms with Crippen molar-refractivity contribution < 1.29 is 14.4 Å². The maximum atomic E-state index is 10.8. The summed E-state index contributed by atoms with van der Waals surface area (Å²) < 4.78 is 11.5. The minimum atomic E-state index is -0.473. The van der Waals surface area contributed by atoms with Gasteiger partial charge in [0.1, 0.15) is 6.10 Å². The highest BCUT2D eigenvalue weighted by Gasteiger charge is 2.12. The summed E-state index contributed by atoms with van der Waals surface area (Å²) in [7, 11) is 1.56. The van der Waals surface area contributed by atoms with E-state index in [2.05, 4.69) is 6.07 Å². The summed E-state index contributed by atoms with van der Waals surface area (Å²) in [6.45, 7) is 1.96. The van der Waals surface area contributed by atoms with Crippen molar-refractivity contribution in [1.29, 1.82) is 5.26 Å². The van der Waals surface area contributed by atoms with Gasteiger partial charge in [-0.3, -0.25) is 10.1 Å². The zero-order chi connectivity index (χ0) is 21.5. The van der Waals surface area contributed by atoms with Crippen molar-refractivity contribution in [3.8, 4) is 17.6 Å². The first-order chi connectivity index (χ1) is 14.5. The Balaban J connectivity index is 1.85. The summed E-state index contributed by atoms with van der Waals surface area (Å²) in [6.07, 6.45) is 1.55. The number of nitro groups is 1. The molecule has 0 amide bonds. The fourth-order valence-corrected chi connectivity index (χ4v) is 2.96. The molecule has 0 aromatic heterocycles. The fraction of sp³-hybridized carbons (Fsp3) is 0.125. The second-order valence-corrected chi connectivity index (χ2v) is 6.55. The number of hydrogen-bond donors (Lipinski definition) is 0. The van der Waals surface area contributed by atoms with Gasteiger partial charge in [0.2, 0.25) is 0 Å². The van der Waals surface area contributed by atoms with Crippen molar-refractivity contribution in [2.75, 3.05) is 7.11 Å². The van der Waals surface area contributed by atoms with Crippen molar-refractivity contribution in [2.24, 2.45) is 0 Å². The Labute approximate surface area is 174 Å². The van der Waals surface area contributed by atoms with Crippen molar-refractivity contribution in [1.82, 2.24) is 0 Å². The smallest absolute Gasteiger partial charge is 0.269 e.